The van der Waals surface area contributed by atoms with Crippen molar-refractivity contribution in [1.82, 2.24) is 15.1 Å². The first kappa shape index (κ1) is 13.7. The van der Waals surface area contributed by atoms with Gasteiger partial charge in [0, 0.05) is 12.7 Å². The highest BCUT2D eigenvalue weighted by molar-refractivity contribution is 5.79. The molecule has 1 N–H and O–H groups in total. The van der Waals surface area contributed by atoms with Crippen molar-refractivity contribution in [3.05, 3.63) is 18.0 Å². The van der Waals surface area contributed by atoms with E-state index in [1.807, 2.05) is 26.1 Å². The predicted octanol–water partition coefficient (Wildman–Crippen LogP) is 2.45. The molecule has 0 radical (unpaired) electrons. The van der Waals surface area contributed by atoms with Crippen LogP contribution >= 0.6 is 0 Å². The minimum atomic E-state index is -0.227. The van der Waals surface area contributed by atoms with Gasteiger partial charge in [-0.15, -0.1) is 0 Å². The van der Waals surface area contributed by atoms with Gasteiger partial charge < -0.3 is 5.32 Å². The van der Waals surface area contributed by atoms with Crippen molar-refractivity contribution in [3.8, 4) is 0 Å². The molecule has 0 saturated carbocycles. The molecule has 0 spiro atoms. The molecule has 4 nitrogen and oxygen atoms in total. The average molecular weight is 237 g/mol. The molecule has 1 aromatic heterocycles. The number of aromatic nitrogens is 2. The fraction of sp³-hybridized carbons (Fsp3) is 0.692. The van der Waals surface area contributed by atoms with Gasteiger partial charge in [-0.1, -0.05) is 26.2 Å². The van der Waals surface area contributed by atoms with Crippen LogP contribution in [0.1, 0.15) is 51.3 Å². The van der Waals surface area contributed by atoms with E-state index in [2.05, 4.69) is 17.3 Å². The highest BCUT2D eigenvalue weighted by Crippen LogP contribution is 2.05. The zero-order valence-corrected chi connectivity index (χ0v) is 11.1. The lowest BCUT2D eigenvalue weighted by molar-refractivity contribution is -0.124. The first-order valence-corrected chi connectivity index (χ1v) is 6.44. The van der Waals surface area contributed by atoms with Gasteiger partial charge in [0.25, 0.3) is 0 Å². The zero-order chi connectivity index (χ0) is 12.7. The van der Waals surface area contributed by atoms with Crippen molar-refractivity contribution < 1.29 is 4.79 Å². The molecule has 96 valence electrons. The maximum atomic E-state index is 11.8. The van der Waals surface area contributed by atoms with Gasteiger partial charge in [0.15, 0.2) is 0 Å². The Kier molecular flexibility index (Phi) is 5.73. The van der Waals surface area contributed by atoms with Crippen LogP contribution in [0.2, 0.25) is 0 Å². The molecule has 0 saturated heterocycles. The minimum absolute atomic E-state index is 0.0459. The molecule has 17 heavy (non-hydrogen) atoms. The van der Waals surface area contributed by atoms with Crippen LogP contribution in [-0.4, -0.2) is 22.2 Å². The number of hydrogen-bond acceptors (Lipinski definition) is 2. The Morgan fingerprint density at radius 3 is 2.82 bits per heavy atom. The largest absolute Gasteiger partial charge is 0.354 e. The molecule has 0 aliphatic carbocycles. The summed E-state index contributed by atoms with van der Waals surface area (Å²) in [6.07, 6.45) is 6.55. The summed E-state index contributed by atoms with van der Waals surface area (Å²) in [6.45, 7) is 6.74. The normalized spacial score (nSPS) is 12.4. The Labute approximate surface area is 103 Å². The Hall–Kier alpha value is -1.32. The van der Waals surface area contributed by atoms with Gasteiger partial charge in [-0.05, 0) is 26.3 Å². The van der Waals surface area contributed by atoms with Crippen LogP contribution in [0.3, 0.4) is 0 Å². The summed E-state index contributed by atoms with van der Waals surface area (Å²) in [4.78, 5) is 11.8. The van der Waals surface area contributed by atoms with Crippen molar-refractivity contribution >= 4 is 5.91 Å². The summed E-state index contributed by atoms with van der Waals surface area (Å²) in [5.74, 6) is 0.0459. The minimum Gasteiger partial charge on any atom is -0.354 e. The Morgan fingerprint density at radius 1 is 1.47 bits per heavy atom. The molecule has 1 amide bonds. The lowest BCUT2D eigenvalue weighted by atomic mass is 10.2. The number of nitrogens with one attached hydrogen (secondary N) is 1. The van der Waals surface area contributed by atoms with Gasteiger partial charge in [-0.3, -0.25) is 9.48 Å². The zero-order valence-electron chi connectivity index (χ0n) is 11.1. The lowest BCUT2D eigenvalue weighted by Crippen LogP contribution is -2.32. The van der Waals surface area contributed by atoms with E-state index < -0.39 is 0 Å². The number of carbonyl (C=O) groups is 1. The number of rotatable bonds is 7. The van der Waals surface area contributed by atoms with Crippen molar-refractivity contribution in [3.63, 3.8) is 0 Å². The monoisotopic (exact) mass is 237 g/mol. The third kappa shape index (κ3) is 4.59. The van der Waals surface area contributed by atoms with E-state index in [1.54, 1.807) is 4.68 Å². The SMILES string of the molecule is CCCCCCNC(=O)C(C)n1ccc(C)n1. The summed E-state index contributed by atoms with van der Waals surface area (Å²) in [5, 5.41) is 7.19. The standard InChI is InChI=1S/C13H23N3O/c1-4-5-6-7-9-14-13(17)12(3)16-10-8-11(2)15-16/h8,10,12H,4-7,9H2,1-3H3,(H,14,17). The van der Waals surface area contributed by atoms with E-state index in [9.17, 15) is 4.79 Å². The molecular weight excluding hydrogens is 214 g/mol. The number of unbranched alkanes of at least 4 members (excludes halogenated alkanes) is 3. The van der Waals surface area contributed by atoms with Crippen molar-refractivity contribution in [2.75, 3.05) is 6.54 Å². The Balaban J connectivity index is 2.28. The molecule has 0 aliphatic rings. The second-order valence-corrected chi connectivity index (χ2v) is 4.46. The number of aryl methyl sites for hydroxylation is 1. The van der Waals surface area contributed by atoms with Crippen LogP contribution in [0.15, 0.2) is 12.3 Å². The maximum absolute atomic E-state index is 11.8. The third-order valence-electron chi connectivity index (χ3n) is 2.85. The topological polar surface area (TPSA) is 46.9 Å². The summed E-state index contributed by atoms with van der Waals surface area (Å²) in [7, 11) is 0. The fourth-order valence-electron chi connectivity index (χ4n) is 1.68. The summed E-state index contributed by atoms with van der Waals surface area (Å²) in [5.41, 5.74) is 0.938. The van der Waals surface area contributed by atoms with Gasteiger partial charge in [0.05, 0.1) is 5.69 Å². The Morgan fingerprint density at radius 2 is 2.24 bits per heavy atom. The van der Waals surface area contributed by atoms with E-state index >= 15 is 0 Å². The number of nitrogens with zero attached hydrogens (tertiary/aromatic N) is 2. The van der Waals surface area contributed by atoms with Crippen molar-refractivity contribution in [2.24, 2.45) is 0 Å². The highest BCUT2D eigenvalue weighted by Gasteiger charge is 2.14. The molecule has 0 bridgehead atoms. The van der Waals surface area contributed by atoms with Gasteiger partial charge in [-0.25, -0.2) is 0 Å². The molecule has 1 aromatic rings. The smallest absolute Gasteiger partial charge is 0.244 e. The average Bonchev–Trinajstić information content (AvgIpc) is 2.74. The lowest BCUT2D eigenvalue weighted by Gasteiger charge is -2.12. The molecular formula is C13H23N3O. The van der Waals surface area contributed by atoms with Crippen molar-refractivity contribution in [1.29, 1.82) is 0 Å². The van der Waals surface area contributed by atoms with Gasteiger partial charge >= 0.3 is 0 Å². The molecule has 1 atom stereocenters. The van der Waals surface area contributed by atoms with E-state index in [0.29, 0.717) is 0 Å². The van der Waals surface area contributed by atoms with Gasteiger partial charge in [0.1, 0.15) is 6.04 Å². The van der Waals surface area contributed by atoms with Crippen LogP contribution in [0.4, 0.5) is 0 Å². The van der Waals surface area contributed by atoms with Gasteiger partial charge in [0.2, 0.25) is 5.91 Å². The fourth-order valence-corrected chi connectivity index (χ4v) is 1.68. The number of amides is 1. The first-order chi connectivity index (χ1) is 8.15. The van der Waals surface area contributed by atoms with Crippen LogP contribution in [0.5, 0.6) is 0 Å². The summed E-state index contributed by atoms with van der Waals surface area (Å²) in [6, 6.07) is 1.68. The van der Waals surface area contributed by atoms with Crippen LogP contribution in [0, 0.1) is 6.92 Å². The van der Waals surface area contributed by atoms with E-state index in [-0.39, 0.29) is 11.9 Å². The van der Waals surface area contributed by atoms with Crippen molar-refractivity contribution in [2.45, 2.75) is 52.5 Å². The van der Waals surface area contributed by atoms with E-state index in [4.69, 9.17) is 0 Å². The van der Waals surface area contributed by atoms with E-state index in [1.165, 1.54) is 19.3 Å². The summed E-state index contributed by atoms with van der Waals surface area (Å²) >= 11 is 0. The quantitative estimate of drug-likeness (QED) is 0.740. The van der Waals surface area contributed by atoms with Crippen LogP contribution in [0.25, 0.3) is 0 Å². The number of carbonyl (C=O) groups excluding carboxylic acids is 1. The Bertz CT molecular complexity index is 346. The molecule has 0 aliphatic heterocycles. The maximum Gasteiger partial charge on any atom is 0.244 e. The molecule has 1 unspecified atom stereocenters. The summed E-state index contributed by atoms with van der Waals surface area (Å²) < 4.78 is 1.71. The molecule has 0 fully saturated rings. The highest BCUT2D eigenvalue weighted by atomic mass is 16.2. The molecule has 1 rings (SSSR count). The van der Waals surface area contributed by atoms with Crippen LogP contribution < -0.4 is 5.32 Å². The molecule has 0 aromatic carbocycles. The van der Waals surface area contributed by atoms with Crippen LogP contribution in [-0.2, 0) is 4.79 Å². The second kappa shape index (κ2) is 7.09. The third-order valence-corrected chi connectivity index (χ3v) is 2.85. The predicted molar refractivity (Wildman–Crippen MR) is 68.8 cm³/mol. The van der Waals surface area contributed by atoms with E-state index in [0.717, 1.165) is 18.7 Å². The first-order valence-electron chi connectivity index (χ1n) is 6.44. The molecule has 4 heteroatoms. The van der Waals surface area contributed by atoms with Gasteiger partial charge in [-0.2, -0.15) is 5.10 Å². The number of hydrogen-bond donors (Lipinski definition) is 1. The second-order valence-electron chi connectivity index (χ2n) is 4.46. The molecule has 1 heterocycles.